The van der Waals surface area contributed by atoms with Gasteiger partial charge in [-0.3, -0.25) is 10.1 Å². The Kier molecular flexibility index (Phi) is 7.29. The third kappa shape index (κ3) is 5.73. The number of rotatable bonds is 8. The number of phenolic OH excluding ortho intramolecular Hbond substituents is 1. The Labute approximate surface area is 179 Å². The number of thiol groups is 1. The molecule has 0 saturated heterocycles. The summed E-state index contributed by atoms with van der Waals surface area (Å²) >= 11 is 3.87. The second-order valence-corrected chi connectivity index (χ2v) is 7.07. The molecule has 2 aromatic carbocycles. The summed E-state index contributed by atoms with van der Waals surface area (Å²) in [6.07, 6.45) is -0.789. The Morgan fingerprint density at radius 1 is 1.17 bits per heavy atom. The first-order chi connectivity index (χ1) is 14.5. The van der Waals surface area contributed by atoms with Gasteiger partial charge in [0, 0.05) is 17.7 Å². The van der Waals surface area contributed by atoms with Crippen LogP contribution in [-0.2, 0) is 14.3 Å². The Morgan fingerprint density at radius 3 is 2.63 bits per heavy atom. The van der Waals surface area contributed by atoms with E-state index < -0.39 is 18.2 Å². The smallest absolute Gasteiger partial charge is 0.412 e. The molecule has 2 N–H and O–H groups in total. The summed E-state index contributed by atoms with van der Waals surface area (Å²) in [5, 5.41) is 12.2. The number of carbonyl (C=O) groups is 2. The molecule has 1 aliphatic heterocycles. The van der Waals surface area contributed by atoms with Crippen molar-refractivity contribution in [2.45, 2.75) is 19.4 Å². The maximum Gasteiger partial charge on any atom is 0.412 e. The van der Waals surface area contributed by atoms with Crippen molar-refractivity contribution in [2.24, 2.45) is 5.92 Å². The highest BCUT2D eigenvalue weighted by Gasteiger charge is 2.25. The van der Waals surface area contributed by atoms with E-state index in [1.807, 2.05) is 6.92 Å². The first kappa shape index (κ1) is 21.6. The topological polar surface area (TPSA) is 103 Å². The number of aromatic hydroxyl groups is 1. The fourth-order valence-electron chi connectivity index (χ4n) is 2.97. The zero-order chi connectivity index (χ0) is 21.5. The Hall–Kier alpha value is -3.07. The molecule has 2 aromatic rings. The number of phenols is 1. The monoisotopic (exact) mass is 433 g/mol. The zero-order valence-corrected chi connectivity index (χ0v) is 17.3. The molecule has 0 unspecified atom stereocenters. The maximum atomic E-state index is 12.5. The molecule has 8 nitrogen and oxygen atoms in total. The molecule has 160 valence electrons. The van der Waals surface area contributed by atoms with E-state index >= 15 is 0 Å². The molecule has 0 fully saturated rings. The lowest BCUT2D eigenvalue weighted by atomic mass is 9.94. The van der Waals surface area contributed by atoms with Gasteiger partial charge in [-0.15, -0.1) is 0 Å². The van der Waals surface area contributed by atoms with Gasteiger partial charge in [0.15, 0.2) is 11.5 Å². The van der Waals surface area contributed by atoms with Crippen molar-refractivity contribution in [1.29, 1.82) is 0 Å². The van der Waals surface area contributed by atoms with Gasteiger partial charge in [-0.2, -0.15) is 12.6 Å². The van der Waals surface area contributed by atoms with Crippen LogP contribution >= 0.6 is 12.6 Å². The van der Waals surface area contributed by atoms with Gasteiger partial charge in [-0.25, -0.2) is 4.79 Å². The molecule has 0 bridgehead atoms. The molecule has 0 radical (unpaired) electrons. The van der Waals surface area contributed by atoms with Crippen LogP contribution in [0.4, 0.5) is 10.5 Å². The molecule has 0 aliphatic carbocycles. The number of hydrogen-bond donors (Lipinski definition) is 3. The lowest BCUT2D eigenvalue weighted by molar-refractivity contribution is -0.141. The molecule has 3 rings (SSSR count). The summed E-state index contributed by atoms with van der Waals surface area (Å²) in [4.78, 5) is 23.8. The summed E-state index contributed by atoms with van der Waals surface area (Å²) in [5.74, 6) is 0.697. The minimum absolute atomic E-state index is 0.00418. The second-order valence-electron chi connectivity index (χ2n) is 6.76. The van der Waals surface area contributed by atoms with Crippen LogP contribution in [0, 0.1) is 5.92 Å². The standard InChI is InChI=1S/C21H23NO7S/c1-13(8-9-26-19(24)11-30)20(14-2-5-16(23)6-3-14)29-21(25)22-15-4-7-17-18(10-15)28-12-27-17/h2-7,10,13,20,23,30H,8-9,11-12H2,1H3,(H,22,25)/t13-,20-/m1/s1. The van der Waals surface area contributed by atoms with Crippen LogP contribution in [0.25, 0.3) is 0 Å². The van der Waals surface area contributed by atoms with Gasteiger partial charge in [0.05, 0.1) is 12.4 Å². The van der Waals surface area contributed by atoms with Gasteiger partial charge in [0.1, 0.15) is 11.9 Å². The quantitative estimate of drug-likeness (QED) is 0.428. The highest BCUT2D eigenvalue weighted by molar-refractivity contribution is 7.81. The van der Waals surface area contributed by atoms with Crippen LogP contribution in [0.15, 0.2) is 42.5 Å². The summed E-state index contributed by atoms with van der Waals surface area (Å²) < 4.78 is 21.3. The summed E-state index contributed by atoms with van der Waals surface area (Å²) in [6.45, 7) is 2.21. The fraction of sp³-hybridized carbons (Fsp3) is 0.333. The number of benzene rings is 2. The minimum atomic E-state index is -0.647. The highest BCUT2D eigenvalue weighted by atomic mass is 32.1. The number of carbonyl (C=O) groups excluding carboxylic acids is 2. The van der Waals surface area contributed by atoms with Gasteiger partial charge in [0.2, 0.25) is 6.79 Å². The molecule has 1 heterocycles. The largest absolute Gasteiger partial charge is 0.508 e. The number of ether oxygens (including phenoxy) is 4. The number of anilines is 1. The van der Waals surface area contributed by atoms with Crippen molar-refractivity contribution in [2.75, 3.05) is 24.5 Å². The Bertz CT molecular complexity index is 887. The molecule has 0 saturated carbocycles. The van der Waals surface area contributed by atoms with E-state index in [4.69, 9.17) is 18.9 Å². The van der Waals surface area contributed by atoms with Crippen LogP contribution in [0.1, 0.15) is 25.0 Å². The van der Waals surface area contributed by atoms with Crippen LogP contribution in [0.2, 0.25) is 0 Å². The average molecular weight is 433 g/mol. The van der Waals surface area contributed by atoms with Crippen molar-refractivity contribution < 1.29 is 33.6 Å². The van der Waals surface area contributed by atoms with Crippen molar-refractivity contribution in [3.63, 3.8) is 0 Å². The summed E-state index contributed by atoms with van der Waals surface area (Å²) in [5.41, 5.74) is 1.21. The third-order valence-corrected chi connectivity index (χ3v) is 4.81. The van der Waals surface area contributed by atoms with E-state index in [1.165, 1.54) is 12.1 Å². The first-order valence-electron chi connectivity index (χ1n) is 9.39. The lowest BCUT2D eigenvalue weighted by Crippen LogP contribution is -2.23. The van der Waals surface area contributed by atoms with Crippen molar-refractivity contribution >= 4 is 30.4 Å². The average Bonchev–Trinajstić information content (AvgIpc) is 3.20. The minimum Gasteiger partial charge on any atom is -0.508 e. The van der Waals surface area contributed by atoms with Crippen molar-refractivity contribution in [3.05, 3.63) is 48.0 Å². The SMILES string of the molecule is C[C@H](CCOC(=O)CS)[C@@H](OC(=O)Nc1ccc2c(c1)OCO2)c1ccc(O)cc1. The van der Waals surface area contributed by atoms with E-state index in [2.05, 4.69) is 17.9 Å². The van der Waals surface area contributed by atoms with Crippen LogP contribution in [0.3, 0.4) is 0 Å². The first-order valence-corrected chi connectivity index (χ1v) is 10.0. The highest BCUT2D eigenvalue weighted by Crippen LogP contribution is 2.35. The van der Waals surface area contributed by atoms with Crippen LogP contribution < -0.4 is 14.8 Å². The van der Waals surface area contributed by atoms with E-state index in [-0.39, 0.29) is 30.8 Å². The predicted molar refractivity (Wildman–Crippen MR) is 112 cm³/mol. The summed E-state index contributed by atoms with van der Waals surface area (Å²) in [6, 6.07) is 11.5. The second kappa shape index (κ2) is 10.1. The van der Waals surface area contributed by atoms with Crippen molar-refractivity contribution in [1.82, 2.24) is 0 Å². The van der Waals surface area contributed by atoms with E-state index in [9.17, 15) is 14.7 Å². The Balaban J connectivity index is 1.67. The van der Waals surface area contributed by atoms with Gasteiger partial charge in [-0.1, -0.05) is 19.1 Å². The van der Waals surface area contributed by atoms with E-state index in [0.717, 1.165) is 0 Å². The number of nitrogens with one attached hydrogen (secondary N) is 1. The molecular formula is C21H23NO7S. The molecule has 0 aromatic heterocycles. The fourth-order valence-corrected chi connectivity index (χ4v) is 3.06. The molecular weight excluding hydrogens is 410 g/mol. The number of hydrogen-bond acceptors (Lipinski definition) is 8. The van der Waals surface area contributed by atoms with Gasteiger partial charge in [0.25, 0.3) is 0 Å². The maximum absolute atomic E-state index is 12.5. The van der Waals surface area contributed by atoms with E-state index in [0.29, 0.717) is 29.2 Å². The molecule has 9 heteroatoms. The molecule has 2 atom stereocenters. The molecule has 1 amide bonds. The lowest BCUT2D eigenvalue weighted by Gasteiger charge is -2.25. The molecule has 30 heavy (non-hydrogen) atoms. The zero-order valence-electron chi connectivity index (χ0n) is 16.4. The van der Waals surface area contributed by atoms with Crippen molar-refractivity contribution in [3.8, 4) is 17.2 Å². The van der Waals surface area contributed by atoms with Crippen LogP contribution in [-0.4, -0.2) is 36.3 Å². The molecule has 0 spiro atoms. The third-order valence-electron chi connectivity index (χ3n) is 4.56. The van der Waals surface area contributed by atoms with Gasteiger partial charge < -0.3 is 24.1 Å². The number of fused-ring (bicyclic) bond motifs is 1. The number of amides is 1. The predicted octanol–water partition coefficient (Wildman–Crippen LogP) is 3.91. The van der Waals surface area contributed by atoms with Gasteiger partial charge >= 0.3 is 12.1 Å². The Morgan fingerprint density at radius 2 is 1.90 bits per heavy atom. The normalized spacial score (nSPS) is 13.9. The number of esters is 1. The molecule has 1 aliphatic rings. The van der Waals surface area contributed by atoms with Crippen LogP contribution in [0.5, 0.6) is 17.2 Å². The summed E-state index contributed by atoms with van der Waals surface area (Å²) in [7, 11) is 0. The van der Waals surface area contributed by atoms with Gasteiger partial charge in [-0.05, 0) is 36.2 Å². The van der Waals surface area contributed by atoms with E-state index in [1.54, 1.807) is 30.3 Å².